The lowest BCUT2D eigenvalue weighted by molar-refractivity contribution is -0.140. The summed E-state index contributed by atoms with van der Waals surface area (Å²) in [5.41, 5.74) is 3.29. The fourth-order valence-electron chi connectivity index (χ4n) is 4.31. The second-order valence-electron chi connectivity index (χ2n) is 9.44. The van der Waals surface area contributed by atoms with Gasteiger partial charge in [0.25, 0.3) is 5.91 Å². The number of rotatable bonds is 12. The number of hydrogen-bond donors (Lipinski definition) is 1. The molecule has 10 heteroatoms. The quantitative estimate of drug-likeness (QED) is 0.264. The van der Waals surface area contributed by atoms with Crippen molar-refractivity contribution in [2.75, 3.05) is 26.2 Å². The summed E-state index contributed by atoms with van der Waals surface area (Å²) in [6.45, 7) is 0.507. The number of amides is 2. The molecule has 1 N–H and O–H groups in total. The van der Waals surface area contributed by atoms with Gasteiger partial charge < -0.3 is 19.7 Å². The van der Waals surface area contributed by atoms with Crippen LogP contribution in [0.3, 0.4) is 0 Å². The van der Waals surface area contributed by atoms with Gasteiger partial charge in [0.2, 0.25) is 5.91 Å². The highest BCUT2D eigenvalue weighted by Crippen LogP contribution is 2.21. The van der Waals surface area contributed by atoms with Gasteiger partial charge in [0.05, 0.1) is 20.4 Å². The molecule has 0 unspecified atom stereocenters. The lowest BCUT2D eigenvalue weighted by atomic mass is 10.0. The minimum absolute atomic E-state index is 0.251. The maximum absolute atomic E-state index is 13.6. The molecule has 1 aromatic heterocycles. The SMILES string of the molecule is COC(=O)CCCn1cc(-c2cccc(C(=O)N[C@@H](Cc3ccccc3)C(=O)N(C)c3ccc(OC)cc3)c2)nn1. The zero-order valence-corrected chi connectivity index (χ0v) is 23.3. The number of likely N-dealkylation sites (N-methyl/N-ethyl adjacent to an activating group) is 1. The molecule has 0 aliphatic carbocycles. The molecule has 0 radical (unpaired) electrons. The molecule has 4 aromatic rings. The predicted molar refractivity (Wildman–Crippen MR) is 155 cm³/mol. The van der Waals surface area contributed by atoms with Crippen LogP contribution in [0.4, 0.5) is 5.69 Å². The van der Waals surface area contributed by atoms with Crippen LogP contribution in [-0.2, 0) is 27.3 Å². The number of ether oxygens (including phenoxy) is 2. The average Bonchev–Trinajstić information content (AvgIpc) is 3.49. The topological polar surface area (TPSA) is 116 Å². The fraction of sp³-hybridized carbons (Fsp3) is 0.258. The van der Waals surface area contributed by atoms with E-state index in [1.807, 2.05) is 36.4 Å². The highest BCUT2D eigenvalue weighted by atomic mass is 16.5. The van der Waals surface area contributed by atoms with E-state index in [0.717, 1.165) is 5.56 Å². The van der Waals surface area contributed by atoms with E-state index in [4.69, 9.17) is 4.74 Å². The number of hydrogen-bond acceptors (Lipinski definition) is 7. The van der Waals surface area contributed by atoms with E-state index in [2.05, 4.69) is 20.4 Å². The first kappa shape index (κ1) is 29.0. The van der Waals surface area contributed by atoms with Crippen molar-refractivity contribution in [3.63, 3.8) is 0 Å². The molecule has 1 heterocycles. The number of benzene rings is 3. The van der Waals surface area contributed by atoms with Gasteiger partial charge in [-0.1, -0.05) is 47.7 Å². The van der Waals surface area contributed by atoms with Crippen LogP contribution in [0, 0.1) is 0 Å². The molecule has 41 heavy (non-hydrogen) atoms. The molecule has 1 atom stereocenters. The maximum Gasteiger partial charge on any atom is 0.305 e. The lowest BCUT2D eigenvalue weighted by Gasteiger charge is -2.25. The highest BCUT2D eigenvalue weighted by molar-refractivity contribution is 6.02. The van der Waals surface area contributed by atoms with Gasteiger partial charge in [-0.3, -0.25) is 19.1 Å². The van der Waals surface area contributed by atoms with Crippen LogP contribution < -0.4 is 15.0 Å². The lowest BCUT2D eigenvalue weighted by Crippen LogP contribution is -2.48. The van der Waals surface area contributed by atoms with Gasteiger partial charge in [-0.25, -0.2) is 0 Å². The predicted octanol–water partition coefficient (Wildman–Crippen LogP) is 3.91. The molecular formula is C31H33N5O5. The minimum atomic E-state index is -0.809. The summed E-state index contributed by atoms with van der Waals surface area (Å²) in [7, 11) is 4.63. The van der Waals surface area contributed by atoms with Gasteiger partial charge >= 0.3 is 5.97 Å². The van der Waals surface area contributed by atoms with E-state index in [0.29, 0.717) is 47.6 Å². The van der Waals surface area contributed by atoms with E-state index < -0.39 is 6.04 Å². The molecule has 2 amide bonds. The van der Waals surface area contributed by atoms with Gasteiger partial charge in [0.1, 0.15) is 17.5 Å². The third-order valence-electron chi connectivity index (χ3n) is 6.63. The minimum Gasteiger partial charge on any atom is -0.497 e. The van der Waals surface area contributed by atoms with Crippen molar-refractivity contribution in [3.05, 3.63) is 96.2 Å². The Morgan fingerprint density at radius 1 is 0.976 bits per heavy atom. The summed E-state index contributed by atoms with van der Waals surface area (Å²) < 4.78 is 11.5. The van der Waals surface area contributed by atoms with Gasteiger partial charge in [-0.05, 0) is 48.4 Å². The number of nitrogens with zero attached hydrogens (tertiary/aromatic N) is 4. The Morgan fingerprint density at radius 3 is 2.44 bits per heavy atom. The van der Waals surface area contributed by atoms with Crippen LogP contribution in [0.5, 0.6) is 5.75 Å². The number of anilines is 1. The highest BCUT2D eigenvalue weighted by Gasteiger charge is 2.26. The zero-order valence-electron chi connectivity index (χ0n) is 23.3. The molecule has 0 saturated carbocycles. The number of aromatic nitrogens is 3. The van der Waals surface area contributed by atoms with Gasteiger partial charge in [0.15, 0.2) is 0 Å². The van der Waals surface area contributed by atoms with Crippen LogP contribution in [-0.4, -0.2) is 60.1 Å². The van der Waals surface area contributed by atoms with Crippen LogP contribution in [0.25, 0.3) is 11.3 Å². The van der Waals surface area contributed by atoms with E-state index in [-0.39, 0.29) is 24.2 Å². The summed E-state index contributed by atoms with van der Waals surface area (Å²) in [6.07, 6.45) is 2.95. The summed E-state index contributed by atoms with van der Waals surface area (Å²) in [5, 5.41) is 11.3. The summed E-state index contributed by atoms with van der Waals surface area (Å²) in [4.78, 5) is 39.9. The average molecular weight is 556 g/mol. The van der Waals surface area contributed by atoms with Gasteiger partial charge in [-0.2, -0.15) is 0 Å². The van der Waals surface area contributed by atoms with Crippen LogP contribution >= 0.6 is 0 Å². The molecule has 0 aliphatic heterocycles. The summed E-state index contributed by atoms with van der Waals surface area (Å²) >= 11 is 0. The van der Waals surface area contributed by atoms with E-state index >= 15 is 0 Å². The molecule has 10 nitrogen and oxygen atoms in total. The first-order chi connectivity index (χ1) is 19.9. The standard InChI is InChI=1S/C31H33N5O5/c1-35(25-14-16-26(40-2)17-15-25)31(39)27(19-22-9-5-4-6-10-22)32-30(38)24-12-7-11-23(20-24)28-21-36(34-33-28)18-8-13-29(37)41-3/h4-7,9-12,14-17,20-21,27H,8,13,18-19H2,1-3H3,(H,32,38)/t27-/m0/s1. The molecule has 0 bridgehead atoms. The zero-order chi connectivity index (χ0) is 29.2. The van der Waals surface area contributed by atoms with Crippen LogP contribution in [0.1, 0.15) is 28.8 Å². The number of carbonyl (C=O) groups is 3. The Morgan fingerprint density at radius 2 is 1.73 bits per heavy atom. The Balaban J connectivity index is 1.50. The fourth-order valence-corrected chi connectivity index (χ4v) is 4.31. The van der Waals surface area contributed by atoms with Crippen molar-refractivity contribution < 1.29 is 23.9 Å². The monoisotopic (exact) mass is 555 g/mol. The molecule has 0 spiro atoms. The summed E-state index contributed by atoms with van der Waals surface area (Å²) in [6, 6.07) is 22.9. The number of carbonyl (C=O) groups excluding carboxylic acids is 3. The van der Waals surface area contributed by atoms with Crippen molar-refractivity contribution >= 4 is 23.5 Å². The molecule has 3 aromatic carbocycles. The molecule has 212 valence electrons. The molecule has 4 rings (SSSR count). The first-order valence-corrected chi connectivity index (χ1v) is 13.2. The maximum atomic E-state index is 13.6. The van der Waals surface area contributed by atoms with Crippen molar-refractivity contribution in [1.29, 1.82) is 0 Å². The van der Waals surface area contributed by atoms with Gasteiger partial charge in [0, 0.05) is 43.2 Å². The molecule has 0 saturated heterocycles. The Labute approximate surface area is 238 Å². The first-order valence-electron chi connectivity index (χ1n) is 13.2. The largest absolute Gasteiger partial charge is 0.497 e. The smallest absolute Gasteiger partial charge is 0.305 e. The number of aryl methyl sites for hydroxylation is 1. The second kappa shape index (κ2) is 13.9. The number of esters is 1. The second-order valence-corrected chi connectivity index (χ2v) is 9.44. The molecule has 0 aliphatic rings. The number of methoxy groups -OCH3 is 2. The van der Waals surface area contributed by atoms with Crippen molar-refractivity contribution in [2.24, 2.45) is 0 Å². The van der Waals surface area contributed by atoms with Crippen LogP contribution in [0.2, 0.25) is 0 Å². The third-order valence-corrected chi connectivity index (χ3v) is 6.63. The van der Waals surface area contributed by atoms with Crippen molar-refractivity contribution in [2.45, 2.75) is 31.8 Å². The molecular weight excluding hydrogens is 522 g/mol. The van der Waals surface area contributed by atoms with E-state index in [1.165, 1.54) is 12.0 Å². The Hall–Kier alpha value is -4.99. The Kier molecular flexibility index (Phi) is 9.82. The van der Waals surface area contributed by atoms with Gasteiger partial charge in [-0.15, -0.1) is 5.10 Å². The normalized spacial score (nSPS) is 11.4. The van der Waals surface area contributed by atoms with E-state index in [9.17, 15) is 14.4 Å². The van der Waals surface area contributed by atoms with Crippen LogP contribution in [0.15, 0.2) is 85.1 Å². The van der Waals surface area contributed by atoms with E-state index in [1.54, 1.807) is 67.5 Å². The Bertz CT molecular complexity index is 1470. The van der Waals surface area contributed by atoms with Crippen molar-refractivity contribution in [1.82, 2.24) is 20.3 Å². The summed E-state index contributed by atoms with van der Waals surface area (Å²) in [5.74, 6) is -0.221. The molecule has 0 fully saturated rings. The number of nitrogens with one attached hydrogen (secondary N) is 1. The third kappa shape index (κ3) is 7.78. The van der Waals surface area contributed by atoms with Crippen molar-refractivity contribution in [3.8, 4) is 17.0 Å².